The number of nitrogens with one attached hydrogen (secondary N) is 1. The summed E-state index contributed by atoms with van der Waals surface area (Å²) >= 11 is 0. The third-order valence-corrected chi connectivity index (χ3v) is 3.03. The summed E-state index contributed by atoms with van der Waals surface area (Å²) in [6, 6.07) is 11.6. The van der Waals surface area contributed by atoms with Crippen molar-refractivity contribution in [2.75, 3.05) is 11.9 Å². The van der Waals surface area contributed by atoms with Gasteiger partial charge >= 0.3 is 0 Å². The predicted molar refractivity (Wildman–Crippen MR) is 81.2 cm³/mol. The van der Waals surface area contributed by atoms with Gasteiger partial charge < -0.3 is 20.2 Å². The Morgan fingerprint density at radius 3 is 2.95 bits per heavy atom. The van der Waals surface area contributed by atoms with E-state index in [-0.39, 0.29) is 6.61 Å². The molecule has 5 heteroatoms. The maximum Gasteiger partial charge on any atom is 0.255 e. The van der Waals surface area contributed by atoms with Crippen LogP contribution in [-0.4, -0.2) is 18.6 Å². The van der Waals surface area contributed by atoms with Crippen LogP contribution in [0.3, 0.4) is 0 Å². The second-order valence-electron chi connectivity index (χ2n) is 4.95. The minimum atomic E-state index is -0.486. The molecule has 0 saturated heterocycles. The van der Waals surface area contributed by atoms with Crippen LogP contribution in [0.4, 0.5) is 5.69 Å². The molecule has 1 atom stereocenters. The Labute approximate surface area is 124 Å². The molecule has 3 N–H and O–H groups in total. The Morgan fingerprint density at radius 1 is 1.38 bits per heavy atom. The highest BCUT2D eigenvalue weighted by molar-refractivity contribution is 5.75. The molecule has 0 bridgehead atoms. The minimum absolute atomic E-state index is 0.114. The van der Waals surface area contributed by atoms with E-state index in [1.54, 1.807) is 12.3 Å². The number of rotatable bonds is 8. The van der Waals surface area contributed by atoms with Crippen LogP contribution in [0.2, 0.25) is 0 Å². The Hall–Kier alpha value is -2.43. The lowest BCUT2D eigenvalue weighted by Gasteiger charge is -2.15. The summed E-state index contributed by atoms with van der Waals surface area (Å²) < 4.78 is 10.6. The molecule has 0 aliphatic heterocycles. The van der Waals surface area contributed by atoms with Crippen molar-refractivity contribution in [1.82, 2.24) is 0 Å². The molecule has 5 nitrogen and oxygen atoms in total. The third-order valence-electron chi connectivity index (χ3n) is 3.03. The summed E-state index contributed by atoms with van der Waals surface area (Å²) in [5, 5.41) is 3.39. The molecule has 112 valence electrons. The zero-order valence-corrected chi connectivity index (χ0v) is 12.0. The first-order chi connectivity index (χ1) is 10.1. The van der Waals surface area contributed by atoms with E-state index in [0.717, 1.165) is 24.3 Å². The molecule has 0 aliphatic rings. The first-order valence-corrected chi connectivity index (χ1v) is 6.93. The van der Waals surface area contributed by atoms with Crippen LogP contribution < -0.4 is 15.8 Å². The van der Waals surface area contributed by atoms with E-state index in [2.05, 4.69) is 12.2 Å². The molecule has 0 spiro atoms. The fourth-order valence-corrected chi connectivity index (χ4v) is 2.00. The van der Waals surface area contributed by atoms with Crippen molar-refractivity contribution in [3.8, 4) is 5.75 Å². The monoisotopic (exact) mass is 288 g/mol. The first kappa shape index (κ1) is 15.0. The van der Waals surface area contributed by atoms with Gasteiger partial charge in [-0.3, -0.25) is 4.79 Å². The van der Waals surface area contributed by atoms with E-state index in [1.807, 2.05) is 30.3 Å². The summed E-state index contributed by atoms with van der Waals surface area (Å²) in [6.45, 7) is 2.00. The molecule has 1 aromatic carbocycles. The maximum absolute atomic E-state index is 10.7. The summed E-state index contributed by atoms with van der Waals surface area (Å²) in [6.07, 6.45) is 3.53. The number of anilines is 1. The van der Waals surface area contributed by atoms with Crippen molar-refractivity contribution in [3.05, 3.63) is 48.4 Å². The van der Waals surface area contributed by atoms with Gasteiger partial charge in [-0.25, -0.2) is 0 Å². The van der Waals surface area contributed by atoms with Crippen LogP contribution in [0.25, 0.3) is 0 Å². The standard InChI is InChI=1S/C16H20N2O3/c1-12(7-8-14-6-3-9-20-14)18-13-4-2-5-15(10-13)21-11-16(17)19/h2-6,9-10,12,18H,7-8,11H2,1H3,(H2,17,19). The van der Waals surface area contributed by atoms with Gasteiger partial charge in [-0.1, -0.05) is 6.07 Å². The van der Waals surface area contributed by atoms with Crippen LogP contribution in [0, 0.1) is 0 Å². The Kier molecular flexibility index (Phi) is 5.26. The van der Waals surface area contributed by atoms with E-state index in [1.165, 1.54) is 0 Å². The Balaban J connectivity index is 1.83. The van der Waals surface area contributed by atoms with Crippen LogP contribution >= 0.6 is 0 Å². The van der Waals surface area contributed by atoms with Gasteiger partial charge in [-0.05, 0) is 37.6 Å². The van der Waals surface area contributed by atoms with Crippen molar-refractivity contribution in [1.29, 1.82) is 0 Å². The Bertz CT molecular complexity index is 567. The quantitative estimate of drug-likeness (QED) is 0.782. The largest absolute Gasteiger partial charge is 0.484 e. The molecule has 0 aliphatic carbocycles. The molecular formula is C16H20N2O3. The molecule has 1 heterocycles. The SMILES string of the molecule is CC(CCc1ccco1)Nc1cccc(OCC(N)=O)c1. The van der Waals surface area contributed by atoms with Crippen molar-refractivity contribution in [3.63, 3.8) is 0 Å². The van der Waals surface area contributed by atoms with E-state index in [4.69, 9.17) is 14.9 Å². The highest BCUT2D eigenvalue weighted by atomic mass is 16.5. The van der Waals surface area contributed by atoms with Crippen LogP contribution in [0.1, 0.15) is 19.1 Å². The number of carbonyl (C=O) groups is 1. The van der Waals surface area contributed by atoms with Gasteiger partial charge in [0.1, 0.15) is 11.5 Å². The van der Waals surface area contributed by atoms with Gasteiger partial charge in [0.15, 0.2) is 6.61 Å². The zero-order chi connectivity index (χ0) is 15.1. The fraction of sp³-hybridized carbons (Fsp3) is 0.312. The van der Waals surface area contributed by atoms with Gasteiger partial charge in [0.05, 0.1) is 6.26 Å². The number of carbonyl (C=O) groups excluding carboxylic acids is 1. The van der Waals surface area contributed by atoms with Crippen LogP contribution in [0.15, 0.2) is 47.1 Å². The number of nitrogens with two attached hydrogens (primary N) is 1. The van der Waals surface area contributed by atoms with Crippen molar-refractivity contribution in [2.24, 2.45) is 5.73 Å². The van der Waals surface area contributed by atoms with Crippen molar-refractivity contribution in [2.45, 2.75) is 25.8 Å². The molecule has 0 saturated carbocycles. The number of primary amides is 1. The third kappa shape index (κ3) is 5.22. The fourth-order valence-electron chi connectivity index (χ4n) is 2.00. The summed E-state index contributed by atoms with van der Waals surface area (Å²) in [7, 11) is 0. The van der Waals surface area contributed by atoms with Crippen LogP contribution in [0.5, 0.6) is 5.75 Å². The molecule has 1 unspecified atom stereocenters. The van der Waals surface area contributed by atoms with Crippen molar-refractivity contribution < 1.29 is 13.9 Å². The summed E-state index contributed by atoms with van der Waals surface area (Å²) in [5.74, 6) is 1.12. The topological polar surface area (TPSA) is 77.5 Å². The number of aryl methyl sites for hydroxylation is 1. The molecular weight excluding hydrogens is 268 g/mol. The first-order valence-electron chi connectivity index (χ1n) is 6.93. The lowest BCUT2D eigenvalue weighted by molar-refractivity contribution is -0.119. The number of hydrogen-bond acceptors (Lipinski definition) is 4. The molecule has 2 aromatic rings. The predicted octanol–water partition coefficient (Wildman–Crippen LogP) is 2.58. The van der Waals surface area contributed by atoms with E-state index in [9.17, 15) is 4.79 Å². The number of hydrogen-bond donors (Lipinski definition) is 2. The number of furan rings is 1. The molecule has 1 aromatic heterocycles. The smallest absolute Gasteiger partial charge is 0.255 e. The summed E-state index contributed by atoms with van der Waals surface area (Å²) in [4.78, 5) is 10.7. The van der Waals surface area contributed by atoms with E-state index in [0.29, 0.717) is 11.8 Å². The summed E-state index contributed by atoms with van der Waals surface area (Å²) in [5.41, 5.74) is 6.00. The average Bonchev–Trinajstić information content (AvgIpc) is 2.97. The van der Waals surface area contributed by atoms with Crippen molar-refractivity contribution >= 4 is 11.6 Å². The highest BCUT2D eigenvalue weighted by Crippen LogP contribution is 2.19. The second kappa shape index (κ2) is 7.38. The van der Waals surface area contributed by atoms with Gasteiger partial charge in [-0.2, -0.15) is 0 Å². The minimum Gasteiger partial charge on any atom is -0.484 e. The molecule has 1 amide bonds. The van der Waals surface area contributed by atoms with Crippen LogP contribution in [-0.2, 0) is 11.2 Å². The lowest BCUT2D eigenvalue weighted by Crippen LogP contribution is -2.20. The molecule has 21 heavy (non-hydrogen) atoms. The van der Waals surface area contributed by atoms with E-state index >= 15 is 0 Å². The second-order valence-corrected chi connectivity index (χ2v) is 4.95. The number of amides is 1. The molecule has 0 radical (unpaired) electrons. The lowest BCUT2D eigenvalue weighted by atomic mass is 10.1. The zero-order valence-electron chi connectivity index (χ0n) is 12.0. The average molecular weight is 288 g/mol. The maximum atomic E-state index is 10.7. The van der Waals surface area contributed by atoms with Gasteiger partial charge in [0.2, 0.25) is 0 Å². The van der Waals surface area contributed by atoms with Gasteiger partial charge in [-0.15, -0.1) is 0 Å². The molecule has 0 fully saturated rings. The normalized spacial score (nSPS) is 11.9. The number of ether oxygens (including phenoxy) is 1. The highest BCUT2D eigenvalue weighted by Gasteiger charge is 2.05. The van der Waals surface area contributed by atoms with Gasteiger partial charge in [0, 0.05) is 24.2 Å². The van der Waals surface area contributed by atoms with E-state index < -0.39 is 5.91 Å². The Morgan fingerprint density at radius 2 is 2.24 bits per heavy atom. The number of benzene rings is 1. The van der Waals surface area contributed by atoms with Gasteiger partial charge in [0.25, 0.3) is 5.91 Å². The molecule has 2 rings (SSSR count).